The molecule has 0 heterocycles. The number of rotatable bonds is 4. The van der Waals surface area contributed by atoms with E-state index >= 15 is 0 Å². The number of hydrogen-bond donors (Lipinski definition) is 1. The van der Waals surface area contributed by atoms with Gasteiger partial charge in [0.25, 0.3) is 0 Å². The van der Waals surface area contributed by atoms with Gasteiger partial charge in [0.15, 0.2) is 0 Å². The first kappa shape index (κ1) is 16.9. The van der Waals surface area contributed by atoms with Crippen molar-refractivity contribution >= 4 is 38.4 Å². The van der Waals surface area contributed by atoms with Crippen LogP contribution in [-0.2, 0) is 0 Å². The molecule has 0 radical (unpaired) electrons. The van der Waals surface area contributed by atoms with Gasteiger partial charge in [0, 0.05) is 0 Å². The quantitative estimate of drug-likeness (QED) is 0.382. The third-order valence-electron chi connectivity index (χ3n) is 4.96. The summed E-state index contributed by atoms with van der Waals surface area (Å²) in [6.45, 7) is 0. The van der Waals surface area contributed by atoms with Crippen molar-refractivity contribution in [1.29, 1.82) is 0 Å². The summed E-state index contributed by atoms with van der Waals surface area (Å²) in [5.41, 5.74) is 6.82. The van der Waals surface area contributed by atoms with E-state index in [1.165, 1.54) is 14.3 Å². The molecule has 4 rings (SSSR count). The molecule has 0 aromatic heterocycles. The first-order chi connectivity index (χ1) is 12.8. The summed E-state index contributed by atoms with van der Waals surface area (Å²) in [6, 6.07) is 41.6. The molecule has 0 fully saturated rings. The molecular formula is C24H21NSn. The predicted octanol–water partition coefficient (Wildman–Crippen LogP) is 2.65. The fourth-order valence-electron chi connectivity index (χ4n) is 3.80. The van der Waals surface area contributed by atoms with Crippen LogP contribution in [-0.4, -0.2) is 18.4 Å². The molecule has 4 aromatic rings. The summed E-state index contributed by atoms with van der Waals surface area (Å²) in [5.74, 6) is 0. The molecule has 2 heteroatoms. The van der Waals surface area contributed by atoms with E-state index in [4.69, 9.17) is 5.73 Å². The Hall–Kier alpha value is -2.52. The van der Waals surface area contributed by atoms with E-state index in [1.54, 1.807) is 0 Å². The first-order valence-electron chi connectivity index (χ1n) is 8.84. The molecule has 4 aromatic carbocycles. The fraction of sp³-hybridized carbons (Fsp3) is 0. The summed E-state index contributed by atoms with van der Waals surface area (Å²) in [6.07, 6.45) is 0. The zero-order valence-corrected chi connectivity index (χ0v) is 17.4. The number of anilines is 1. The summed E-state index contributed by atoms with van der Waals surface area (Å²) in [5, 5.41) is 0. The SMILES string of the molecule is Nc1cc[c]([Sn]([c]2ccccc2)([c]2ccccc2)[c]2ccccc2)cc1. The molecule has 0 bridgehead atoms. The Morgan fingerprint density at radius 3 is 1.04 bits per heavy atom. The second-order valence-corrected chi connectivity index (χ2v) is 17.3. The molecule has 0 spiro atoms. The molecule has 0 amide bonds. The Morgan fingerprint density at radius 1 is 0.385 bits per heavy atom. The molecule has 0 saturated heterocycles. The second-order valence-electron chi connectivity index (χ2n) is 6.47. The molecule has 0 atom stereocenters. The van der Waals surface area contributed by atoms with E-state index in [9.17, 15) is 0 Å². The van der Waals surface area contributed by atoms with Gasteiger partial charge in [-0.05, 0) is 0 Å². The second kappa shape index (κ2) is 7.38. The van der Waals surface area contributed by atoms with Crippen LogP contribution in [0.4, 0.5) is 5.69 Å². The van der Waals surface area contributed by atoms with E-state index in [2.05, 4.69) is 103 Å². The van der Waals surface area contributed by atoms with Gasteiger partial charge in [-0.3, -0.25) is 0 Å². The van der Waals surface area contributed by atoms with Gasteiger partial charge in [-0.15, -0.1) is 0 Å². The van der Waals surface area contributed by atoms with E-state index in [0.29, 0.717) is 0 Å². The van der Waals surface area contributed by atoms with Crippen LogP contribution in [0.5, 0.6) is 0 Å². The summed E-state index contributed by atoms with van der Waals surface area (Å²) in [4.78, 5) is 0. The van der Waals surface area contributed by atoms with Gasteiger partial charge in [0.05, 0.1) is 0 Å². The molecular weight excluding hydrogens is 421 g/mol. The average molecular weight is 442 g/mol. The van der Waals surface area contributed by atoms with E-state index in [1.807, 2.05) is 12.1 Å². The monoisotopic (exact) mass is 443 g/mol. The normalized spacial score (nSPS) is 11.2. The van der Waals surface area contributed by atoms with Crippen LogP contribution in [0.1, 0.15) is 0 Å². The summed E-state index contributed by atoms with van der Waals surface area (Å²) >= 11 is -3.40. The summed E-state index contributed by atoms with van der Waals surface area (Å²) < 4.78 is 5.76. The van der Waals surface area contributed by atoms with Crippen molar-refractivity contribution in [3.63, 3.8) is 0 Å². The molecule has 0 aliphatic heterocycles. The van der Waals surface area contributed by atoms with Gasteiger partial charge in [-0.1, -0.05) is 0 Å². The third kappa shape index (κ3) is 2.93. The van der Waals surface area contributed by atoms with Gasteiger partial charge < -0.3 is 0 Å². The number of hydrogen-bond acceptors (Lipinski definition) is 1. The van der Waals surface area contributed by atoms with Crippen LogP contribution in [0.25, 0.3) is 0 Å². The van der Waals surface area contributed by atoms with Crippen molar-refractivity contribution in [2.45, 2.75) is 0 Å². The van der Waals surface area contributed by atoms with Gasteiger partial charge in [0.2, 0.25) is 0 Å². The van der Waals surface area contributed by atoms with Crippen molar-refractivity contribution in [2.24, 2.45) is 0 Å². The van der Waals surface area contributed by atoms with Crippen molar-refractivity contribution < 1.29 is 0 Å². The van der Waals surface area contributed by atoms with Crippen molar-refractivity contribution in [2.75, 3.05) is 5.73 Å². The maximum atomic E-state index is 6.01. The minimum atomic E-state index is -3.40. The van der Waals surface area contributed by atoms with Crippen molar-refractivity contribution in [3.8, 4) is 0 Å². The van der Waals surface area contributed by atoms with Crippen LogP contribution in [0.15, 0.2) is 115 Å². The molecule has 1 nitrogen and oxygen atoms in total. The van der Waals surface area contributed by atoms with Gasteiger partial charge >= 0.3 is 159 Å². The van der Waals surface area contributed by atoms with Crippen LogP contribution < -0.4 is 20.1 Å². The van der Waals surface area contributed by atoms with Gasteiger partial charge in [-0.25, -0.2) is 0 Å². The Labute approximate surface area is 159 Å². The fourth-order valence-corrected chi connectivity index (χ4v) is 17.3. The van der Waals surface area contributed by atoms with Gasteiger partial charge in [-0.2, -0.15) is 0 Å². The molecule has 126 valence electrons. The molecule has 26 heavy (non-hydrogen) atoms. The molecule has 0 aliphatic carbocycles. The van der Waals surface area contributed by atoms with Crippen LogP contribution in [0.3, 0.4) is 0 Å². The predicted molar refractivity (Wildman–Crippen MR) is 114 cm³/mol. The van der Waals surface area contributed by atoms with Crippen molar-refractivity contribution in [3.05, 3.63) is 115 Å². The summed E-state index contributed by atoms with van der Waals surface area (Å²) in [7, 11) is 0. The van der Waals surface area contributed by atoms with Gasteiger partial charge in [0.1, 0.15) is 0 Å². The molecule has 0 unspecified atom stereocenters. The molecule has 0 saturated carbocycles. The zero-order chi connectivity index (χ0) is 17.8. The standard InChI is InChI=1S/C6H6N.3C6H5.Sn/c7-6-4-2-1-3-5-6;3*1-2-4-6-5-3-1;/h2-5H,7H2;3*1-5H;. The Morgan fingerprint density at radius 2 is 0.692 bits per heavy atom. The van der Waals surface area contributed by atoms with Crippen molar-refractivity contribution in [1.82, 2.24) is 0 Å². The maximum absolute atomic E-state index is 6.01. The van der Waals surface area contributed by atoms with Crippen LogP contribution >= 0.6 is 0 Å². The third-order valence-corrected chi connectivity index (χ3v) is 18.7. The average Bonchev–Trinajstić information content (AvgIpc) is 2.72. The molecule has 2 N–H and O–H groups in total. The molecule has 0 aliphatic rings. The number of nitrogen functional groups attached to an aromatic ring is 1. The van der Waals surface area contributed by atoms with Crippen LogP contribution in [0, 0.1) is 0 Å². The Bertz CT molecular complexity index is 868. The first-order valence-corrected chi connectivity index (χ1v) is 14.6. The van der Waals surface area contributed by atoms with Crippen LogP contribution in [0.2, 0.25) is 0 Å². The van der Waals surface area contributed by atoms with E-state index in [-0.39, 0.29) is 0 Å². The van der Waals surface area contributed by atoms with E-state index < -0.39 is 18.4 Å². The number of nitrogens with two attached hydrogens (primary N) is 1. The Kier molecular flexibility index (Phi) is 4.80. The number of benzene rings is 4. The Balaban J connectivity index is 2.12. The zero-order valence-electron chi connectivity index (χ0n) is 14.5. The van der Waals surface area contributed by atoms with E-state index in [0.717, 1.165) is 5.69 Å². The topological polar surface area (TPSA) is 26.0 Å². The minimum absolute atomic E-state index is 0.808.